The van der Waals surface area contributed by atoms with E-state index in [9.17, 15) is 18.0 Å². The number of carbonyl (C=O) groups excluding carboxylic acids is 1. The molecule has 0 spiro atoms. The van der Waals surface area contributed by atoms with Gasteiger partial charge in [-0.1, -0.05) is 0 Å². The van der Waals surface area contributed by atoms with Crippen LogP contribution in [-0.2, 0) is 0 Å². The lowest BCUT2D eigenvalue weighted by molar-refractivity contribution is -0.0964. The molecule has 168 valence electrons. The van der Waals surface area contributed by atoms with E-state index >= 15 is 0 Å². The first kappa shape index (κ1) is 21.9. The Morgan fingerprint density at radius 3 is 2.62 bits per heavy atom. The molecule has 0 bridgehead atoms. The van der Waals surface area contributed by atoms with Gasteiger partial charge in [0.15, 0.2) is 0 Å². The molecule has 1 fully saturated rings. The van der Waals surface area contributed by atoms with Crippen LogP contribution in [0.25, 0.3) is 11.3 Å². The van der Waals surface area contributed by atoms with Crippen LogP contribution in [0.5, 0.6) is 5.75 Å². The molecule has 3 aromatic rings. The number of H-pyrrole nitrogens is 1. The topological polar surface area (TPSA) is 109 Å². The first-order valence-electron chi connectivity index (χ1n) is 9.51. The predicted molar refractivity (Wildman–Crippen MR) is 113 cm³/mol. The summed E-state index contributed by atoms with van der Waals surface area (Å²) < 4.78 is 43.6. The number of aromatic amines is 1. The second-order valence-corrected chi connectivity index (χ2v) is 7.62. The summed E-state index contributed by atoms with van der Waals surface area (Å²) >= 11 is 4.73. The molecule has 1 amide bonds. The number of nitrogens with one attached hydrogen (secondary N) is 2. The predicted octanol–water partition coefficient (Wildman–Crippen LogP) is 3.38. The highest BCUT2D eigenvalue weighted by atomic mass is 35.5. The summed E-state index contributed by atoms with van der Waals surface area (Å²) in [5.41, 5.74) is 3.70. The van der Waals surface area contributed by atoms with Gasteiger partial charge in [-0.05, 0) is 36.4 Å². The lowest BCUT2D eigenvalue weighted by Crippen LogP contribution is -2.30. The van der Waals surface area contributed by atoms with Crippen LogP contribution in [0.1, 0.15) is 10.4 Å². The van der Waals surface area contributed by atoms with E-state index in [1.54, 1.807) is 23.2 Å². The molecular formula is C20H18ClF3N6O2. The van der Waals surface area contributed by atoms with E-state index in [0.29, 0.717) is 22.8 Å². The Morgan fingerprint density at radius 1 is 1.28 bits per heavy atom. The number of pyridine rings is 1. The number of aromatic nitrogens is 3. The Bertz CT molecular complexity index is 1080. The van der Waals surface area contributed by atoms with Crippen LogP contribution in [0.4, 0.5) is 24.7 Å². The van der Waals surface area contributed by atoms with Crippen molar-refractivity contribution in [2.75, 3.05) is 23.3 Å². The molecule has 2 atom stereocenters. The summed E-state index contributed by atoms with van der Waals surface area (Å²) in [4.78, 5) is 18.8. The number of halogens is 4. The summed E-state index contributed by atoms with van der Waals surface area (Å²) in [7, 11) is 0. The van der Waals surface area contributed by atoms with E-state index in [1.165, 1.54) is 30.5 Å². The zero-order valence-electron chi connectivity index (χ0n) is 16.4. The highest BCUT2D eigenvalue weighted by Gasteiger charge is 2.32. The van der Waals surface area contributed by atoms with Gasteiger partial charge >= 0.3 is 5.57 Å². The third-order valence-corrected chi connectivity index (χ3v) is 4.93. The maximum Gasteiger partial charge on any atom is 0.487 e. The summed E-state index contributed by atoms with van der Waals surface area (Å²) in [6.45, 7) is 0.382. The molecule has 12 heteroatoms. The van der Waals surface area contributed by atoms with Crippen molar-refractivity contribution in [1.82, 2.24) is 15.2 Å². The number of nitrogens with two attached hydrogens (primary N) is 1. The van der Waals surface area contributed by atoms with Crippen molar-refractivity contribution >= 4 is 29.0 Å². The molecule has 8 nitrogen and oxygen atoms in total. The largest absolute Gasteiger partial charge is 0.487 e. The number of anilines is 2. The average molecular weight is 467 g/mol. The van der Waals surface area contributed by atoms with Gasteiger partial charge in [0.1, 0.15) is 17.7 Å². The number of carbonyl (C=O) groups is 1. The molecule has 0 saturated carbocycles. The fourth-order valence-electron chi connectivity index (χ4n) is 3.34. The third kappa shape index (κ3) is 4.94. The molecule has 1 aliphatic rings. The zero-order valence-corrected chi connectivity index (χ0v) is 17.2. The van der Waals surface area contributed by atoms with E-state index < -0.39 is 23.7 Å². The van der Waals surface area contributed by atoms with Gasteiger partial charge in [-0.3, -0.25) is 9.89 Å². The van der Waals surface area contributed by atoms with E-state index in [-0.39, 0.29) is 24.4 Å². The fourth-order valence-corrected chi connectivity index (χ4v) is 3.43. The van der Waals surface area contributed by atoms with Crippen LogP contribution in [0.3, 0.4) is 0 Å². The third-order valence-electron chi connectivity index (χ3n) is 4.86. The number of hydrogen-bond acceptors (Lipinski definition) is 6. The zero-order chi connectivity index (χ0) is 22.9. The van der Waals surface area contributed by atoms with Crippen molar-refractivity contribution in [2.24, 2.45) is 5.73 Å². The van der Waals surface area contributed by atoms with Crippen molar-refractivity contribution < 1.29 is 22.7 Å². The van der Waals surface area contributed by atoms with Gasteiger partial charge in [0.2, 0.25) is 0 Å². The Morgan fingerprint density at radius 2 is 2.03 bits per heavy atom. The summed E-state index contributed by atoms with van der Waals surface area (Å²) in [6, 6.07) is 7.95. The Balaban J connectivity index is 1.56. The van der Waals surface area contributed by atoms with Gasteiger partial charge in [0.05, 0.1) is 23.8 Å². The average Bonchev–Trinajstić information content (AvgIpc) is 3.38. The number of hydrogen-bond donors (Lipinski definition) is 3. The maximum atomic E-state index is 14.0. The Hall–Kier alpha value is -3.31. The van der Waals surface area contributed by atoms with Crippen LogP contribution in [0.15, 0.2) is 48.8 Å². The number of benzene rings is 1. The van der Waals surface area contributed by atoms with Crippen molar-refractivity contribution in [3.8, 4) is 17.0 Å². The van der Waals surface area contributed by atoms with Crippen molar-refractivity contribution in [2.45, 2.75) is 17.8 Å². The highest BCUT2D eigenvalue weighted by molar-refractivity contribution is 6.20. The quantitative estimate of drug-likeness (QED) is 0.480. The number of rotatable bonds is 6. The Labute approximate surface area is 185 Å². The van der Waals surface area contributed by atoms with Crippen LogP contribution < -0.4 is 20.7 Å². The molecule has 0 aliphatic carbocycles. The van der Waals surface area contributed by atoms with Crippen molar-refractivity contribution in [1.29, 1.82) is 0 Å². The molecule has 4 N–H and O–H groups in total. The molecule has 0 unspecified atom stereocenters. The molecule has 1 aromatic carbocycles. The van der Waals surface area contributed by atoms with Crippen LogP contribution >= 0.6 is 11.6 Å². The van der Waals surface area contributed by atoms with Crippen molar-refractivity contribution in [3.63, 3.8) is 0 Å². The van der Waals surface area contributed by atoms with Crippen molar-refractivity contribution in [3.05, 3.63) is 54.4 Å². The number of ether oxygens (including phenoxy) is 1. The van der Waals surface area contributed by atoms with Crippen LogP contribution in [0, 0.1) is 0 Å². The van der Waals surface area contributed by atoms with E-state index in [0.717, 1.165) is 0 Å². The van der Waals surface area contributed by atoms with Crippen LogP contribution in [-0.4, -0.2) is 52.0 Å². The molecule has 3 heterocycles. The van der Waals surface area contributed by atoms with E-state index in [1.807, 2.05) is 0 Å². The van der Waals surface area contributed by atoms with E-state index in [4.69, 9.17) is 17.3 Å². The second kappa shape index (κ2) is 8.67. The highest BCUT2D eigenvalue weighted by Crippen LogP contribution is 2.31. The molecule has 1 aliphatic heterocycles. The normalized spacial score (nSPS) is 18.6. The lowest BCUT2D eigenvalue weighted by Gasteiger charge is -2.20. The monoisotopic (exact) mass is 466 g/mol. The summed E-state index contributed by atoms with van der Waals surface area (Å²) in [6.07, 6.45) is 1.74. The first-order chi connectivity index (χ1) is 15.2. The standard InChI is InChI=1S/C20H18ClF3N6O2/c21-20(23,24)32-13-3-1-12(2-4-13)28-19(31)11-7-14(17-5-6-27-29-17)18(26-8-11)30-9-15(22)16(25)10-30/h1-8,15-16H,9-10,25H2,(H,27,29)(H,28,31)/t15-,16-/m0/s1. The maximum absolute atomic E-state index is 14.0. The van der Waals surface area contributed by atoms with Gasteiger partial charge in [-0.15, -0.1) is 8.78 Å². The minimum atomic E-state index is -3.83. The minimum absolute atomic E-state index is 0.0939. The van der Waals surface area contributed by atoms with E-state index in [2.05, 4.69) is 25.2 Å². The lowest BCUT2D eigenvalue weighted by atomic mass is 10.1. The van der Waals surface area contributed by atoms with Gasteiger partial charge in [0, 0.05) is 41.8 Å². The molecule has 2 aromatic heterocycles. The molecule has 32 heavy (non-hydrogen) atoms. The first-order valence-corrected chi connectivity index (χ1v) is 9.89. The smallest absolute Gasteiger partial charge is 0.420 e. The molecule has 4 rings (SSSR count). The fraction of sp³-hybridized carbons (Fsp3) is 0.250. The minimum Gasteiger partial charge on any atom is -0.420 e. The summed E-state index contributed by atoms with van der Waals surface area (Å²) in [5.74, 6) is -0.168. The number of alkyl halides is 4. The molecular weight excluding hydrogens is 449 g/mol. The number of amides is 1. The van der Waals surface area contributed by atoms with Gasteiger partial charge in [0.25, 0.3) is 5.91 Å². The van der Waals surface area contributed by atoms with Crippen LogP contribution in [0.2, 0.25) is 0 Å². The summed E-state index contributed by atoms with van der Waals surface area (Å²) in [5, 5.41) is 9.40. The number of nitrogens with zero attached hydrogens (tertiary/aromatic N) is 3. The van der Waals surface area contributed by atoms with Gasteiger partial charge in [-0.2, -0.15) is 5.10 Å². The second-order valence-electron chi connectivity index (χ2n) is 7.18. The molecule has 0 radical (unpaired) electrons. The Kier molecular flexibility index (Phi) is 5.94. The molecule has 1 saturated heterocycles. The van der Waals surface area contributed by atoms with Gasteiger partial charge in [-0.25, -0.2) is 9.37 Å². The van der Waals surface area contributed by atoms with Gasteiger partial charge < -0.3 is 20.7 Å². The SMILES string of the molecule is N[C@H]1CN(c2ncc(C(=O)Nc3ccc(OC(F)(F)Cl)cc3)cc2-c2ccn[nH]2)C[C@@H]1F.